The Morgan fingerprint density at radius 1 is 1.06 bits per heavy atom. The van der Waals surface area contributed by atoms with Crippen molar-refractivity contribution in [3.63, 3.8) is 0 Å². The third-order valence-corrected chi connectivity index (χ3v) is 7.05. The molecule has 0 aliphatic carbocycles. The summed E-state index contributed by atoms with van der Waals surface area (Å²) in [7, 11) is 0. The molecule has 0 saturated carbocycles. The van der Waals surface area contributed by atoms with Crippen molar-refractivity contribution >= 4 is 17.7 Å². The number of aryl methyl sites for hydroxylation is 1. The van der Waals surface area contributed by atoms with Crippen molar-refractivity contribution in [1.82, 2.24) is 4.90 Å². The number of hydrogen-bond donors (Lipinski definition) is 1. The highest BCUT2D eigenvalue weighted by Crippen LogP contribution is 2.64. The van der Waals surface area contributed by atoms with Crippen LogP contribution in [0.15, 0.2) is 79.0 Å². The second-order valence-electron chi connectivity index (χ2n) is 8.82. The van der Waals surface area contributed by atoms with Gasteiger partial charge in [0.25, 0.3) is 5.69 Å². The Bertz CT molecular complexity index is 1360. The maximum atomic E-state index is 13.2. The third kappa shape index (κ3) is 3.00. The van der Waals surface area contributed by atoms with Gasteiger partial charge in [0.05, 0.1) is 23.1 Å². The van der Waals surface area contributed by atoms with E-state index in [9.17, 15) is 20.2 Å². The molecule has 5 rings (SSSR count). The van der Waals surface area contributed by atoms with Crippen molar-refractivity contribution in [1.29, 1.82) is 5.26 Å². The molecule has 7 nitrogen and oxygen atoms in total. The number of nitrogens with zero attached hydrogens (tertiary/aromatic N) is 3. The largest absolute Gasteiger partial charge is 0.368 e. The van der Waals surface area contributed by atoms with E-state index in [1.165, 1.54) is 12.1 Å². The first kappa shape index (κ1) is 21.4. The number of nitrogens with two attached hydrogens (primary N) is 1. The van der Waals surface area contributed by atoms with Gasteiger partial charge < -0.3 is 10.6 Å². The number of carbonyl (C=O) groups is 1. The van der Waals surface area contributed by atoms with Gasteiger partial charge in [0.1, 0.15) is 0 Å². The predicted octanol–water partition coefficient (Wildman–Crippen LogP) is 4.76. The number of primary amides is 1. The lowest BCUT2D eigenvalue weighted by Crippen LogP contribution is -2.44. The molecular formula is C27H22N4O3. The highest BCUT2D eigenvalue weighted by Gasteiger charge is 2.64. The Morgan fingerprint density at radius 3 is 2.32 bits per heavy atom. The molecule has 2 heterocycles. The maximum absolute atomic E-state index is 13.2. The lowest BCUT2D eigenvalue weighted by Gasteiger charge is -2.36. The van der Waals surface area contributed by atoms with Gasteiger partial charge in [-0.15, -0.1) is 0 Å². The Hall–Kier alpha value is -4.44. The number of rotatable bonds is 4. The van der Waals surface area contributed by atoms with Crippen LogP contribution in [0.1, 0.15) is 45.8 Å². The van der Waals surface area contributed by atoms with Gasteiger partial charge in [-0.3, -0.25) is 14.9 Å². The van der Waals surface area contributed by atoms with Crippen LogP contribution >= 0.6 is 0 Å². The predicted molar refractivity (Wildman–Crippen MR) is 127 cm³/mol. The minimum Gasteiger partial charge on any atom is -0.368 e. The van der Waals surface area contributed by atoms with Gasteiger partial charge >= 0.3 is 0 Å². The first-order valence-electron chi connectivity index (χ1n) is 10.9. The van der Waals surface area contributed by atoms with Crippen LogP contribution in [0.3, 0.4) is 0 Å². The molecule has 4 atom stereocenters. The van der Waals surface area contributed by atoms with Crippen LogP contribution in [-0.4, -0.2) is 15.7 Å². The zero-order chi connectivity index (χ0) is 24.0. The SMILES string of the molecule is Cc1ccc([C@H]2[C@H](c3ccc([N+](=O)[O-])cc3)N3C=Cc4ccccc4C3[C@@]2(C#N)C(N)=O)cc1. The Balaban J connectivity index is 1.80. The molecule has 0 aromatic heterocycles. The molecule has 0 radical (unpaired) electrons. The summed E-state index contributed by atoms with van der Waals surface area (Å²) in [5.41, 5.74) is 8.90. The summed E-state index contributed by atoms with van der Waals surface area (Å²) in [6.45, 7) is 1.97. The number of non-ortho nitro benzene ring substituents is 1. The zero-order valence-electron chi connectivity index (χ0n) is 18.5. The van der Waals surface area contributed by atoms with Crippen molar-refractivity contribution in [3.05, 3.63) is 117 Å². The van der Waals surface area contributed by atoms with Crippen LogP contribution in [0.5, 0.6) is 0 Å². The normalized spacial score (nSPS) is 24.7. The van der Waals surface area contributed by atoms with E-state index in [1.807, 2.05) is 72.6 Å². The molecule has 2 aliphatic rings. The lowest BCUT2D eigenvalue weighted by molar-refractivity contribution is -0.384. The van der Waals surface area contributed by atoms with Crippen LogP contribution in [0, 0.1) is 33.8 Å². The maximum Gasteiger partial charge on any atom is 0.269 e. The van der Waals surface area contributed by atoms with Crippen molar-refractivity contribution in [3.8, 4) is 6.07 Å². The molecule has 1 unspecified atom stereocenters. The highest BCUT2D eigenvalue weighted by molar-refractivity contribution is 5.88. The summed E-state index contributed by atoms with van der Waals surface area (Å²) in [4.78, 5) is 26.1. The van der Waals surface area contributed by atoms with Crippen LogP contribution in [-0.2, 0) is 4.79 Å². The minimum absolute atomic E-state index is 0.0221. The summed E-state index contributed by atoms with van der Waals surface area (Å²) in [5.74, 6) is -1.29. The summed E-state index contributed by atoms with van der Waals surface area (Å²) in [5, 5.41) is 21.9. The smallest absolute Gasteiger partial charge is 0.269 e. The van der Waals surface area contributed by atoms with E-state index in [0.717, 1.165) is 27.8 Å². The van der Waals surface area contributed by atoms with Gasteiger partial charge in [-0.25, -0.2) is 0 Å². The van der Waals surface area contributed by atoms with Gasteiger partial charge in [0, 0.05) is 24.3 Å². The Morgan fingerprint density at radius 2 is 1.71 bits per heavy atom. The number of nitro groups is 1. The molecule has 1 saturated heterocycles. The molecule has 3 aromatic rings. The van der Waals surface area contributed by atoms with E-state index in [0.29, 0.717) is 0 Å². The van der Waals surface area contributed by atoms with Crippen LogP contribution in [0.2, 0.25) is 0 Å². The van der Waals surface area contributed by atoms with E-state index in [-0.39, 0.29) is 5.69 Å². The Kier molecular flexibility index (Phi) is 4.94. The molecule has 3 aromatic carbocycles. The molecule has 34 heavy (non-hydrogen) atoms. The number of nitro benzene ring substituents is 1. The first-order valence-corrected chi connectivity index (χ1v) is 10.9. The first-order chi connectivity index (χ1) is 16.4. The van der Waals surface area contributed by atoms with Crippen molar-refractivity contribution in [2.24, 2.45) is 11.1 Å². The van der Waals surface area contributed by atoms with Crippen molar-refractivity contribution in [2.75, 3.05) is 0 Å². The molecular weight excluding hydrogens is 428 g/mol. The molecule has 2 aliphatic heterocycles. The van der Waals surface area contributed by atoms with Gasteiger partial charge in [0.15, 0.2) is 5.41 Å². The molecule has 0 bridgehead atoms. The van der Waals surface area contributed by atoms with Crippen LogP contribution < -0.4 is 5.73 Å². The van der Waals surface area contributed by atoms with E-state index in [4.69, 9.17) is 5.73 Å². The van der Waals surface area contributed by atoms with Gasteiger partial charge in [-0.2, -0.15) is 5.26 Å². The van der Waals surface area contributed by atoms with Gasteiger partial charge in [0.2, 0.25) is 5.91 Å². The van der Waals surface area contributed by atoms with E-state index in [2.05, 4.69) is 6.07 Å². The quantitative estimate of drug-likeness (QED) is 0.455. The third-order valence-electron chi connectivity index (χ3n) is 7.05. The number of carbonyl (C=O) groups excluding carboxylic acids is 1. The van der Waals surface area contributed by atoms with Gasteiger partial charge in [-0.05, 0) is 35.3 Å². The molecule has 7 heteroatoms. The van der Waals surface area contributed by atoms with Gasteiger partial charge in [-0.1, -0.05) is 66.2 Å². The van der Waals surface area contributed by atoms with E-state index >= 15 is 0 Å². The molecule has 0 spiro atoms. The summed E-state index contributed by atoms with van der Waals surface area (Å²) in [6.07, 6.45) is 3.87. The minimum atomic E-state index is -1.57. The monoisotopic (exact) mass is 450 g/mol. The summed E-state index contributed by atoms with van der Waals surface area (Å²) < 4.78 is 0. The molecule has 2 N–H and O–H groups in total. The van der Waals surface area contributed by atoms with Crippen molar-refractivity contribution < 1.29 is 9.72 Å². The average Bonchev–Trinajstić information content (AvgIpc) is 3.16. The second-order valence-corrected chi connectivity index (χ2v) is 8.82. The molecule has 1 amide bonds. The number of hydrogen-bond acceptors (Lipinski definition) is 5. The lowest BCUT2D eigenvalue weighted by atomic mass is 9.66. The second kappa shape index (κ2) is 7.85. The standard InChI is InChI=1S/C27H22N4O3/c1-17-6-8-19(9-7-17)23-24(20-10-12-21(13-11-20)31(33)34)30-15-14-18-4-2-3-5-22(18)25(30)27(23,16-28)26(29)32/h2-15,23-25H,1H3,(H2,29,32)/t23-,24-,25?,27-/m0/s1. The van der Waals surface area contributed by atoms with E-state index in [1.54, 1.807) is 12.1 Å². The molecule has 168 valence electrons. The number of fused-ring (bicyclic) bond motifs is 3. The van der Waals surface area contributed by atoms with Crippen molar-refractivity contribution in [2.45, 2.75) is 24.9 Å². The number of nitriles is 1. The fraction of sp³-hybridized carbons (Fsp3) is 0.185. The van der Waals surface area contributed by atoms with E-state index < -0.39 is 34.2 Å². The molecule has 1 fully saturated rings. The summed E-state index contributed by atoms with van der Waals surface area (Å²) in [6, 6.07) is 23.1. The highest BCUT2D eigenvalue weighted by atomic mass is 16.6. The van der Waals surface area contributed by atoms with Crippen LogP contribution in [0.4, 0.5) is 5.69 Å². The fourth-order valence-electron chi connectivity index (χ4n) is 5.50. The fourth-order valence-corrected chi connectivity index (χ4v) is 5.50. The summed E-state index contributed by atoms with van der Waals surface area (Å²) >= 11 is 0. The Labute approximate surface area is 196 Å². The zero-order valence-corrected chi connectivity index (χ0v) is 18.5. The van der Waals surface area contributed by atoms with Crippen LogP contribution in [0.25, 0.3) is 6.08 Å². The average molecular weight is 450 g/mol. The number of amides is 1. The topological polar surface area (TPSA) is 113 Å². The number of benzene rings is 3.